The van der Waals surface area contributed by atoms with Crippen LogP contribution < -0.4 is 0 Å². The van der Waals surface area contributed by atoms with Crippen LogP contribution in [0.1, 0.15) is 25.7 Å². The molecular formula is C14H18O2. The van der Waals surface area contributed by atoms with Gasteiger partial charge in [-0.05, 0) is 6.92 Å². The highest BCUT2D eigenvalue weighted by Gasteiger charge is 2.30. The smallest absolute Gasteiger partial charge is 0.184 e. The molecule has 1 aromatic rings. The Balaban J connectivity index is 2.12. The van der Waals surface area contributed by atoms with Crippen molar-refractivity contribution in [3.8, 4) is 0 Å². The molecular weight excluding hydrogens is 200 g/mol. The summed E-state index contributed by atoms with van der Waals surface area (Å²) in [4.78, 5) is 0. The topological polar surface area (TPSA) is 18.5 Å². The quantitative estimate of drug-likeness (QED) is 0.709. The predicted molar refractivity (Wildman–Crippen MR) is 64.0 cm³/mol. The number of hydrogen-bond donors (Lipinski definition) is 0. The van der Waals surface area contributed by atoms with E-state index in [0.29, 0.717) is 5.92 Å². The van der Waals surface area contributed by atoms with E-state index >= 15 is 0 Å². The van der Waals surface area contributed by atoms with Crippen LogP contribution in [0.5, 0.6) is 0 Å². The van der Waals surface area contributed by atoms with Gasteiger partial charge in [0.15, 0.2) is 6.29 Å². The van der Waals surface area contributed by atoms with Gasteiger partial charge in [-0.3, -0.25) is 0 Å². The minimum absolute atomic E-state index is 0.0963. The number of rotatable bonds is 2. The first-order chi connectivity index (χ1) is 7.68. The molecule has 0 aliphatic carbocycles. The molecule has 0 amide bonds. The van der Waals surface area contributed by atoms with Gasteiger partial charge in [-0.15, -0.1) is 0 Å². The molecule has 1 aliphatic heterocycles. The molecule has 2 rings (SSSR count). The standard InChI is InChI=1S/C14H18O2/c1-10(2)13-11(3)9-15-14(16-13)12-7-5-4-6-8-12/h4-8,11,13-14H,1,9H2,2-3H3/t11-,13+,14-/m1/s1. The fourth-order valence-electron chi connectivity index (χ4n) is 2.02. The van der Waals surface area contributed by atoms with Gasteiger partial charge in [-0.2, -0.15) is 0 Å². The number of benzene rings is 1. The number of ether oxygens (including phenoxy) is 2. The molecule has 0 unspecified atom stereocenters. The van der Waals surface area contributed by atoms with Gasteiger partial charge in [0.2, 0.25) is 0 Å². The highest BCUT2D eigenvalue weighted by molar-refractivity contribution is 5.17. The van der Waals surface area contributed by atoms with Gasteiger partial charge in [-0.1, -0.05) is 49.4 Å². The van der Waals surface area contributed by atoms with E-state index < -0.39 is 0 Å². The summed E-state index contributed by atoms with van der Waals surface area (Å²) in [5, 5.41) is 0. The molecule has 1 aromatic carbocycles. The Morgan fingerprint density at radius 2 is 2.00 bits per heavy atom. The summed E-state index contributed by atoms with van der Waals surface area (Å²) >= 11 is 0. The fraction of sp³-hybridized carbons (Fsp3) is 0.429. The van der Waals surface area contributed by atoms with Crippen LogP contribution >= 0.6 is 0 Å². The molecule has 0 bridgehead atoms. The van der Waals surface area contributed by atoms with Gasteiger partial charge in [0, 0.05) is 11.5 Å². The zero-order chi connectivity index (χ0) is 11.5. The molecule has 1 aliphatic rings. The molecule has 1 saturated heterocycles. The van der Waals surface area contributed by atoms with E-state index in [-0.39, 0.29) is 12.4 Å². The number of hydrogen-bond acceptors (Lipinski definition) is 2. The molecule has 0 aromatic heterocycles. The minimum atomic E-state index is -0.251. The first-order valence-corrected chi connectivity index (χ1v) is 5.66. The molecule has 0 saturated carbocycles. The van der Waals surface area contributed by atoms with Gasteiger partial charge < -0.3 is 9.47 Å². The molecule has 1 fully saturated rings. The van der Waals surface area contributed by atoms with Crippen LogP contribution in [0.15, 0.2) is 42.5 Å². The van der Waals surface area contributed by atoms with E-state index in [4.69, 9.17) is 9.47 Å². The van der Waals surface area contributed by atoms with Crippen LogP contribution in [-0.2, 0) is 9.47 Å². The van der Waals surface area contributed by atoms with Crippen molar-refractivity contribution < 1.29 is 9.47 Å². The molecule has 0 N–H and O–H groups in total. The van der Waals surface area contributed by atoms with E-state index in [1.165, 1.54) is 0 Å². The lowest BCUT2D eigenvalue weighted by Crippen LogP contribution is -2.35. The Bertz CT molecular complexity index is 358. The van der Waals surface area contributed by atoms with Crippen molar-refractivity contribution in [2.75, 3.05) is 6.61 Å². The van der Waals surface area contributed by atoms with Crippen molar-refractivity contribution in [3.05, 3.63) is 48.0 Å². The molecule has 2 nitrogen and oxygen atoms in total. The van der Waals surface area contributed by atoms with Crippen LogP contribution in [0.4, 0.5) is 0 Å². The van der Waals surface area contributed by atoms with Crippen molar-refractivity contribution in [2.24, 2.45) is 5.92 Å². The van der Waals surface area contributed by atoms with Crippen LogP contribution in [0, 0.1) is 5.92 Å². The average Bonchev–Trinajstić information content (AvgIpc) is 2.30. The highest BCUT2D eigenvalue weighted by Crippen LogP contribution is 2.31. The Kier molecular flexibility index (Phi) is 3.42. The SMILES string of the molecule is C=C(C)[C@@H]1O[C@H](c2ccccc2)OC[C@H]1C. The molecule has 3 atom stereocenters. The second-order valence-corrected chi connectivity index (χ2v) is 4.46. The summed E-state index contributed by atoms with van der Waals surface area (Å²) < 4.78 is 11.6. The summed E-state index contributed by atoms with van der Waals surface area (Å²) in [5.41, 5.74) is 2.14. The normalized spacial score (nSPS) is 30.0. The van der Waals surface area contributed by atoms with Gasteiger partial charge in [0.25, 0.3) is 0 Å². The largest absolute Gasteiger partial charge is 0.348 e. The first kappa shape index (κ1) is 11.4. The Morgan fingerprint density at radius 3 is 2.62 bits per heavy atom. The highest BCUT2D eigenvalue weighted by atomic mass is 16.7. The summed E-state index contributed by atoms with van der Waals surface area (Å²) in [7, 11) is 0. The van der Waals surface area contributed by atoms with Crippen LogP contribution in [0.3, 0.4) is 0 Å². The zero-order valence-corrected chi connectivity index (χ0v) is 9.85. The van der Waals surface area contributed by atoms with Crippen molar-refractivity contribution in [1.82, 2.24) is 0 Å². The predicted octanol–water partition coefficient (Wildman–Crippen LogP) is 3.31. The molecule has 0 radical (unpaired) electrons. The summed E-state index contributed by atoms with van der Waals surface area (Å²) in [6.45, 7) is 8.83. The average molecular weight is 218 g/mol. The lowest BCUT2D eigenvalue weighted by atomic mass is 9.99. The van der Waals surface area contributed by atoms with E-state index in [1.807, 2.05) is 37.3 Å². The Labute approximate surface area is 96.9 Å². The third kappa shape index (κ3) is 2.34. The maximum atomic E-state index is 5.92. The summed E-state index contributed by atoms with van der Waals surface area (Å²) in [6.07, 6.45) is -0.155. The van der Waals surface area contributed by atoms with Gasteiger partial charge in [0.05, 0.1) is 12.7 Å². The van der Waals surface area contributed by atoms with E-state index in [2.05, 4.69) is 13.5 Å². The van der Waals surface area contributed by atoms with Crippen LogP contribution in [0.25, 0.3) is 0 Å². The van der Waals surface area contributed by atoms with Crippen molar-refractivity contribution in [3.63, 3.8) is 0 Å². The maximum absolute atomic E-state index is 5.92. The maximum Gasteiger partial charge on any atom is 0.184 e. The van der Waals surface area contributed by atoms with Crippen molar-refractivity contribution >= 4 is 0 Å². The molecule has 2 heteroatoms. The molecule has 86 valence electrons. The minimum Gasteiger partial charge on any atom is -0.348 e. The monoisotopic (exact) mass is 218 g/mol. The third-order valence-corrected chi connectivity index (χ3v) is 2.85. The van der Waals surface area contributed by atoms with Gasteiger partial charge >= 0.3 is 0 Å². The molecule has 1 heterocycles. The molecule has 0 spiro atoms. The Morgan fingerprint density at radius 1 is 1.31 bits per heavy atom. The Hall–Kier alpha value is -1.12. The third-order valence-electron chi connectivity index (χ3n) is 2.85. The zero-order valence-electron chi connectivity index (χ0n) is 9.85. The summed E-state index contributed by atoms with van der Waals surface area (Å²) in [5.74, 6) is 0.373. The first-order valence-electron chi connectivity index (χ1n) is 5.66. The van der Waals surface area contributed by atoms with E-state index in [0.717, 1.165) is 17.7 Å². The van der Waals surface area contributed by atoms with Crippen molar-refractivity contribution in [1.29, 1.82) is 0 Å². The second-order valence-electron chi connectivity index (χ2n) is 4.46. The molecule has 16 heavy (non-hydrogen) atoms. The van der Waals surface area contributed by atoms with Gasteiger partial charge in [0.1, 0.15) is 0 Å². The second kappa shape index (κ2) is 4.81. The van der Waals surface area contributed by atoms with E-state index in [1.54, 1.807) is 0 Å². The van der Waals surface area contributed by atoms with Crippen molar-refractivity contribution in [2.45, 2.75) is 26.2 Å². The van der Waals surface area contributed by atoms with Gasteiger partial charge in [-0.25, -0.2) is 0 Å². The van der Waals surface area contributed by atoms with Crippen LogP contribution in [-0.4, -0.2) is 12.7 Å². The van der Waals surface area contributed by atoms with E-state index in [9.17, 15) is 0 Å². The lowest BCUT2D eigenvalue weighted by molar-refractivity contribution is -0.228. The lowest BCUT2D eigenvalue weighted by Gasteiger charge is -2.35. The summed E-state index contributed by atoms with van der Waals surface area (Å²) in [6, 6.07) is 10.0. The van der Waals surface area contributed by atoms with Crippen LogP contribution in [0.2, 0.25) is 0 Å². The fourth-order valence-corrected chi connectivity index (χ4v) is 2.02.